The maximum Gasteiger partial charge on any atom is 0.224 e. The number of benzene rings is 2. The highest BCUT2D eigenvalue weighted by molar-refractivity contribution is 5.81. The minimum absolute atomic E-state index is 0.0202. The zero-order valence-electron chi connectivity index (χ0n) is 15.0. The van der Waals surface area contributed by atoms with Crippen LogP contribution in [0.1, 0.15) is 43.5 Å². The molecule has 0 aliphatic rings. The van der Waals surface area contributed by atoms with E-state index in [1.165, 1.54) is 5.56 Å². The van der Waals surface area contributed by atoms with Gasteiger partial charge in [-0.25, -0.2) is 0 Å². The van der Waals surface area contributed by atoms with Crippen molar-refractivity contribution in [2.45, 2.75) is 39.2 Å². The van der Waals surface area contributed by atoms with Crippen molar-refractivity contribution in [3.8, 4) is 0 Å². The van der Waals surface area contributed by atoms with Crippen LogP contribution < -0.4 is 5.32 Å². The number of carbonyl (C=O) groups excluding carboxylic acids is 1. The Bertz CT molecular complexity index is 690. The van der Waals surface area contributed by atoms with Gasteiger partial charge in [-0.2, -0.15) is 0 Å². The van der Waals surface area contributed by atoms with E-state index >= 15 is 0 Å². The second-order valence-corrected chi connectivity index (χ2v) is 6.72. The molecule has 1 amide bonds. The summed E-state index contributed by atoms with van der Waals surface area (Å²) in [6.45, 7) is 12.1. The highest BCUT2D eigenvalue weighted by atomic mass is 16.1. The average Bonchev–Trinajstić information content (AvgIpc) is 2.61. The van der Waals surface area contributed by atoms with Gasteiger partial charge in [0.1, 0.15) is 0 Å². The van der Waals surface area contributed by atoms with Gasteiger partial charge in [0.25, 0.3) is 0 Å². The Kier molecular flexibility index (Phi) is 5.61. The van der Waals surface area contributed by atoms with Gasteiger partial charge in [-0.3, -0.25) is 4.79 Å². The predicted octanol–water partition coefficient (Wildman–Crippen LogP) is 4.95. The molecule has 0 aromatic heterocycles. The molecule has 0 saturated heterocycles. The van der Waals surface area contributed by atoms with Gasteiger partial charge in [0.15, 0.2) is 0 Å². The van der Waals surface area contributed by atoms with Gasteiger partial charge in [0.05, 0.1) is 6.04 Å². The lowest BCUT2D eigenvalue weighted by molar-refractivity contribution is -0.126. The Morgan fingerprint density at radius 3 is 2.21 bits per heavy atom. The molecule has 24 heavy (non-hydrogen) atoms. The fourth-order valence-corrected chi connectivity index (χ4v) is 2.89. The van der Waals surface area contributed by atoms with E-state index in [0.29, 0.717) is 0 Å². The van der Waals surface area contributed by atoms with Gasteiger partial charge in [-0.05, 0) is 25.0 Å². The van der Waals surface area contributed by atoms with Gasteiger partial charge < -0.3 is 5.32 Å². The molecule has 0 saturated carbocycles. The fraction of sp³-hybridized carbons (Fsp3) is 0.318. The summed E-state index contributed by atoms with van der Waals surface area (Å²) >= 11 is 0. The maximum atomic E-state index is 12.8. The normalized spacial score (nSPS) is 15.8. The number of hydrogen-bond acceptors (Lipinski definition) is 1. The summed E-state index contributed by atoms with van der Waals surface area (Å²) in [5, 5.41) is 3.13. The van der Waals surface area contributed by atoms with Crippen molar-refractivity contribution in [3.05, 3.63) is 83.9 Å². The van der Waals surface area contributed by atoms with Crippen LogP contribution >= 0.6 is 0 Å². The molecule has 2 rings (SSSR count). The molecule has 0 unspecified atom stereocenters. The first-order valence-electron chi connectivity index (χ1n) is 8.44. The molecular weight excluding hydrogens is 294 g/mol. The number of rotatable bonds is 6. The minimum atomic E-state index is -0.409. The third-order valence-electron chi connectivity index (χ3n) is 5.05. The lowest BCUT2D eigenvalue weighted by Crippen LogP contribution is -2.41. The summed E-state index contributed by atoms with van der Waals surface area (Å²) in [4.78, 5) is 12.8. The number of amides is 1. The topological polar surface area (TPSA) is 29.1 Å². The number of aryl methyl sites for hydroxylation is 1. The van der Waals surface area contributed by atoms with Gasteiger partial charge in [-0.15, -0.1) is 6.58 Å². The maximum absolute atomic E-state index is 12.8. The van der Waals surface area contributed by atoms with Crippen LogP contribution in [0.2, 0.25) is 0 Å². The van der Waals surface area contributed by atoms with E-state index in [-0.39, 0.29) is 17.9 Å². The molecule has 0 aliphatic heterocycles. The molecular formula is C22H27NO. The summed E-state index contributed by atoms with van der Waals surface area (Å²) in [5.74, 6) is -0.182. The van der Waals surface area contributed by atoms with Crippen molar-refractivity contribution in [1.29, 1.82) is 0 Å². The van der Waals surface area contributed by atoms with Crippen LogP contribution in [0.3, 0.4) is 0 Å². The monoisotopic (exact) mass is 321 g/mol. The molecule has 0 radical (unpaired) electrons. The zero-order valence-corrected chi connectivity index (χ0v) is 15.0. The zero-order chi connectivity index (χ0) is 17.7. The van der Waals surface area contributed by atoms with E-state index in [2.05, 4.69) is 50.0 Å². The van der Waals surface area contributed by atoms with E-state index in [1.807, 2.05) is 50.3 Å². The van der Waals surface area contributed by atoms with E-state index in [4.69, 9.17) is 0 Å². The molecule has 3 atom stereocenters. The van der Waals surface area contributed by atoms with Crippen LogP contribution in [-0.4, -0.2) is 5.91 Å². The van der Waals surface area contributed by atoms with Crippen LogP contribution in [0, 0.1) is 12.8 Å². The largest absolute Gasteiger partial charge is 0.349 e. The number of hydrogen-bond donors (Lipinski definition) is 1. The SMILES string of the molecule is C=C[C@@](C)(c1ccc(C)cc1)[C@@H](C)C(=O)N[C@H](C)c1ccccc1. The third-order valence-corrected chi connectivity index (χ3v) is 5.05. The second-order valence-electron chi connectivity index (χ2n) is 6.72. The Morgan fingerprint density at radius 2 is 1.67 bits per heavy atom. The van der Waals surface area contributed by atoms with Gasteiger partial charge in [0.2, 0.25) is 5.91 Å². The van der Waals surface area contributed by atoms with Crippen molar-refractivity contribution in [3.63, 3.8) is 0 Å². The lowest BCUT2D eigenvalue weighted by atomic mass is 9.72. The average molecular weight is 321 g/mol. The number of nitrogens with one attached hydrogen (secondary N) is 1. The van der Waals surface area contributed by atoms with Crippen LogP contribution in [0.15, 0.2) is 67.3 Å². The van der Waals surface area contributed by atoms with E-state index in [0.717, 1.165) is 11.1 Å². The summed E-state index contributed by atoms with van der Waals surface area (Å²) in [6.07, 6.45) is 1.88. The number of carbonyl (C=O) groups is 1. The first-order valence-corrected chi connectivity index (χ1v) is 8.44. The predicted molar refractivity (Wildman–Crippen MR) is 101 cm³/mol. The summed E-state index contributed by atoms with van der Waals surface area (Å²) in [5.41, 5.74) is 3.01. The molecule has 2 heteroatoms. The van der Waals surface area contributed by atoms with E-state index in [9.17, 15) is 4.79 Å². The molecule has 2 aromatic carbocycles. The Hall–Kier alpha value is -2.35. The van der Waals surface area contributed by atoms with Crippen molar-refractivity contribution >= 4 is 5.91 Å². The van der Waals surface area contributed by atoms with Gasteiger partial charge in [-0.1, -0.05) is 80.1 Å². The standard InChI is InChI=1S/C22H27NO/c1-6-22(5,20-14-12-16(2)13-15-20)17(3)21(24)23-18(4)19-10-8-7-9-11-19/h6-15,17-18H,1H2,2-5H3,(H,23,24)/t17-,18+,22+/m0/s1. The van der Waals surface area contributed by atoms with Crippen LogP contribution in [0.5, 0.6) is 0 Å². The van der Waals surface area contributed by atoms with Crippen molar-refractivity contribution < 1.29 is 4.79 Å². The summed E-state index contributed by atoms with van der Waals surface area (Å²) in [7, 11) is 0. The smallest absolute Gasteiger partial charge is 0.224 e. The Balaban J connectivity index is 2.18. The van der Waals surface area contributed by atoms with Crippen LogP contribution in [-0.2, 0) is 10.2 Å². The molecule has 1 N–H and O–H groups in total. The molecule has 0 aliphatic carbocycles. The third kappa shape index (κ3) is 3.76. The minimum Gasteiger partial charge on any atom is -0.349 e. The molecule has 0 bridgehead atoms. The highest BCUT2D eigenvalue weighted by Gasteiger charge is 2.35. The van der Waals surface area contributed by atoms with Crippen molar-refractivity contribution in [1.82, 2.24) is 5.32 Å². The Labute approximate surface area is 145 Å². The Morgan fingerprint density at radius 1 is 1.08 bits per heavy atom. The van der Waals surface area contributed by atoms with Gasteiger partial charge >= 0.3 is 0 Å². The first-order chi connectivity index (χ1) is 11.4. The number of allylic oxidation sites excluding steroid dienone is 1. The van der Waals surface area contributed by atoms with Gasteiger partial charge in [0, 0.05) is 11.3 Å². The van der Waals surface area contributed by atoms with Crippen LogP contribution in [0.4, 0.5) is 0 Å². The van der Waals surface area contributed by atoms with Crippen molar-refractivity contribution in [2.75, 3.05) is 0 Å². The molecule has 0 fully saturated rings. The summed E-state index contributed by atoms with van der Waals surface area (Å²) in [6, 6.07) is 18.3. The highest BCUT2D eigenvalue weighted by Crippen LogP contribution is 2.34. The molecule has 2 nitrogen and oxygen atoms in total. The van der Waals surface area contributed by atoms with E-state index < -0.39 is 5.41 Å². The van der Waals surface area contributed by atoms with Crippen molar-refractivity contribution in [2.24, 2.45) is 5.92 Å². The first kappa shape index (κ1) is 18.0. The molecule has 2 aromatic rings. The molecule has 0 spiro atoms. The molecule has 126 valence electrons. The second kappa shape index (κ2) is 7.48. The summed E-state index contributed by atoms with van der Waals surface area (Å²) < 4.78 is 0. The van der Waals surface area contributed by atoms with E-state index in [1.54, 1.807) is 0 Å². The quantitative estimate of drug-likeness (QED) is 0.749. The van der Waals surface area contributed by atoms with Crippen LogP contribution in [0.25, 0.3) is 0 Å². The molecule has 0 heterocycles. The fourth-order valence-electron chi connectivity index (χ4n) is 2.89. The lowest BCUT2D eigenvalue weighted by Gasteiger charge is -2.33.